The average molecular weight is 404 g/mol. The monoisotopic (exact) mass is 403 g/mol. The highest BCUT2D eigenvalue weighted by Gasteiger charge is 2.24. The van der Waals surface area contributed by atoms with E-state index in [0.29, 0.717) is 5.69 Å². The molecule has 0 aliphatic heterocycles. The maximum atomic E-state index is 12.6. The van der Waals surface area contributed by atoms with Gasteiger partial charge in [-0.3, -0.25) is 9.59 Å². The van der Waals surface area contributed by atoms with Gasteiger partial charge in [-0.15, -0.1) is 0 Å². The number of hydrogen-bond donors (Lipinski definition) is 1. The molecule has 7 nitrogen and oxygen atoms in total. The second-order valence-electron chi connectivity index (χ2n) is 6.74. The number of anilines is 1. The summed E-state index contributed by atoms with van der Waals surface area (Å²) >= 11 is 0. The molecule has 1 N–H and O–H groups in total. The van der Waals surface area contributed by atoms with E-state index in [1.165, 1.54) is 31.1 Å². The minimum absolute atomic E-state index is 0.119. The summed E-state index contributed by atoms with van der Waals surface area (Å²) in [7, 11) is -0.978. The van der Waals surface area contributed by atoms with Crippen molar-refractivity contribution in [2.24, 2.45) is 0 Å². The van der Waals surface area contributed by atoms with E-state index in [9.17, 15) is 18.0 Å². The fraction of sp³-hybridized carbons (Fsp3) is 0.300. The first-order valence-corrected chi connectivity index (χ1v) is 10.2. The third-order valence-electron chi connectivity index (χ3n) is 4.23. The molecule has 0 aliphatic carbocycles. The fourth-order valence-electron chi connectivity index (χ4n) is 2.43. The molecule has 0 saturated carbocycles. The van der Waals surface area contributed by atoms with Gasteiger partial charge in [-0.25, -0.2) is 8.42 Å². The van der Waals surface area contributed by atoms with Crippen LogP contribution < -0.4 is 5.32 Å². The standard InChI is InChI=1S/C20H25N3O4S/c1-15-5-9-17(10-6-15)21-19(24)13-22(3)20(25)14-23(4)28(26,27)18-11-7-16(2)8-12-18/h5-12H,13-14H2,1-4H3,(H,21,24). The normalized spacial score (nSPS) is 11.3. The van der Waals surface area contributed by atoms with Crippen LogP contribution in [-0.2, 0) is 19.6 Å². The molecular formula is C20H25N3O4S. The minimum Gasteiger partial charge on any atom is -0.335 e. The van der Waals surface area contributed by atoms with Crippen molar-refractivity contribution in [2.45, 2.75) is 18.7 Å². The zero-order chi connectivity index (χ0) is 20.9. The van der Waals surface area contributed by atoms with Crippen molar-refractivity contribution in [3.63, 3.8) is 0 Å². The van der Waals surface area contributed by atoms with E-state index < -0.39 is 15.9 Å². The number of carbonyl (C=O) groups is 2. The molecular weight excluding hydrogens is 378 g/mol. The van der Waals surface area contributed by atoms with Crippen molar-refractivity contribution >= 4 is 27.5 Å². The molecule has 0 atom stereocenters. The van der Waals surface area contributed by atoms with Gasteiger partial charge in [-0.1, -0.05) is 35.4 Å². The van der Waals surface area contributed by atoms with Crippen molar-refractivity contribution in [3.05, 3.63) is 59.7 Å². The average Bonchev–Trinajstić information content (AvgIpc) is 2.63. The Bertz CT molecular complexity index is 938. The molecule has 0 aliphatic rings. The number of benzene rings is 2. The Hall–Kier alpha value is -2.71. The van der Waals surface area contributed by atoms with Crippen LogP contribution in [0.15, 0.2) is 53.4 Å². The number of carbonyl (C=O) groups excluding carboxylic acids is 2. The van der Waals surface area contributed by atoms with Crippen molar-refractivity contribution in [1.29, 1.82) is 0 Å². The van der Waals surface area contributed by atoms with Gasteiger partial charge in [0, 0.05) is 19.8 Å². The van der Waals surface area contributed by atoms with E-state index in [1.54, 1.807) is 24.3 Å². The summed E-state index contributed by atoms with van der Waals surface area (Å²) < 4.78 is 26.1. The molecule has 0 fully saturated rings. The van der Waals surface area contributed by atoms with E-state index >= 15 is 0 Å². The first-order valence-electron chi connectivity index (χ1n) is 8.73. The highest BCUT2D eigenvalue weighted by atomic mass is 32.2. The smallest absolute Gasteiger partial charge is 0.243 e. The summed E-state index contributed by atoms with van der Waals surface area (Å²) in [6.45, 7) is 3.27. The van der Waals surface area contributed by atoms with Crippen LogP contribution in [0.25, 0.3) is 0 Å². The molecule has 2 aromatic carbocycles. The van der Waals surface area contributed by atoms with E-state index in [2.05, 4.69) is 5.32 Å². The van der Waals surface area contributed by atoms with Gasteiger partial charge in [0.2, 0.25) is 21.8 Å². The largest absolute Gasteiger partial charge is 0.335 e. The molecule has 0 heterocycles. The van der Waals surface area contributed by atoms with E-state index in [1.807, 2.05) is 26.0 Å². The molecule has 8 heteroatoms. The van der Waals surface area contributed by atoms with E-state index in [-0.39, 0.29) is 23.9 Å². The van der Waals surface area contributed by atoms with Crippen LogP contribution in [0.2, 0.25) is 0 Å². The number of sulfonamides is 1. The van der Waals surface area contributed by atoms with Crippen LogP contribution >= 0.6 is 0 Å². The molecule has 2 aromatic rings. The number of rotatable bonds is 7. The van der Waals surface area contributed by atoms with Gasteiger partial charge in [0.25, 0.3) is 0 Å². The number of nitrogens with one attached hydrogen (secondary N) is 1. The lowest BCUT2D eigenvalue weighted by molar-refractivity contribution is -0.133. The van der Waals surface area contributed by atoms with Crippen LogP contribution in [0.3, 0.4) is 0 Å². The Balaban J connectivity index is 1.94. The second kappa shape index (κ2) is 8.99. The van der Waals surface area contributed by atoms with Crippen molar-refractivity contribution in [1.82, 2.24) is 9.21 Å². The zero-order valence-electron chi connectivity index (χ0n) is 16.5. The van der Waals surface area contributed by atoms with Crippen molar-refractivity contribution in [3.8, 4) is 0 Å². The Morgan fingerprint density at radius 2 is 1.36 bits per heavy atom. The van der Waals surface area contributed by atoms with Gasteiger partial charge in [0.1, 0.15) is 0 Å². The minimum atomic E-state index is -3.78. The molecule has 0 radical (unpaired) electrons. The number of hydrogen-bond acceptors (Lipinski definition) is 4. The molecule has 2 rings (SSSR count). The van der Waals surface area contributed by atoms with Gasteiger partial charge < -0.3 is 10.2 Å². The zero-order valence-corrected chi connectivity index (χ0v) is 17.3. The van der Waals surface area contributed by atoms with Crippen LogP contribution in [0.1, 0.15) is 11.1 Å². The molecule has 28 heavy (non-hydrogen) atoms. The third kappa shape index (κ3) is 5.64. The highest BCUT2D eigenvalue weighted by Crippen LogP contribution is 2.15. The maximum absolute atomic E-state index is 12.6. The Kier molecular flexibility index (Phi) is 6.93. The van der Waals surface area contributed by atoms with Crippen LogP contribution in [-0.4, -0.2) is 56.6 Å². The molecule has 0 bridgehead atoms. The highest BCUT2D eigenvalue weighted by molar-refractivity contribution is 7.89. The Morgan fingerprint density at radius 3 is 1.89 bits per heavy atom. The van der Waals surface area contributed by atoms with E-state index in [0.717, 1.165) is 15.4 Å². The molecule has 150 valence electrons. The topological polar surface area (TPSA) is 86.8 Å². The summed E-state index contributed by atoms with van der Waals surface area (Å²) in [5, 5.41) is 2.70. The quantitative estimate of drug-likeness (QED) is 0.766. The van der Waals surface area contributed by atoms with Gasteiger partial charge in [0.15, 0.2) is 0 Å². The first kappa shape index (κ1) is 21.6. The van der Waals surface area contributed by atoms with Crippen molar-refractivity contribution < 1.29 is 18.0 Å². The first-order chi connectivity index (χ1) is 13.1. The Morgan fingerprint density at radius 1 is 0.857 bits per heavy atom. The molecule has 0 aromatic heterocycles. The number of amides is 2. The fourth-order valence-corrected chi connectivity index (χ4v) is 3.55. The lowest BCUT2D eigenvalue weighted by Gasteiger charge is -2.21. The predicted octanol–water partition coefficient (Wildman–Crippen LogP) is 2.02. The lowest BCUT2D eigenvalue weighted by Crippen LogP contribution is -2.42. The van der Waals surface area contributed by atoms with Crippen LogP contribution in [0, 0.1) is 13.8 Å². The van der Waals surface area contributed by atoms with Gasteiger partial charge >= 0.3 is 0 Å². The summed E-state index contributed by atoms with van der Waals surface area (Å²) in [5.74, 6) is -0.832. The Labute approximate surface area is 166 Å². The molecule has 0 spiro atoms. The molecule has 0 saturated heterocycles. The van der Waals surface area contributed by atoms with Gasteiger partial charge in [-0.2, -0.15) is 4.31 Å². The van der Waals surface area contributed by atoms with Gasteiger partial charge in [-0.05, 0) is 38.1 Å². The summed E-state index contributed by atoms with van der Waals surface area (Å²) in [5.41, 5.74) is 2.65. The van der Waals surface area contributed by atoms with Gasteiger partial charge in [0.05, 0.1) is 18.0 Å². The summed E-state index contributed by atoms with van der Waals surface area (Å²) in [6, 6.07) is 13.7. The number of aryl methyl sites for hydroxylation is 2. The maximum Gasteiger partial charge on any atom is 0.243 e. The van der Waals surface area contributed by atoms with Crippen molar-refractivity contribution in [2.75, 3.05) is 32.5 Å². The second-order valence-corrected chi connectivity index (χ2v) is 8.78. The van der Waals surface area contributed by atoms with Crippen LogP contribution in [0.5, 0.6) is 0 Å². The summed E-state index contributed by atoms with van der Waals surface area (Å²) in [6.07, 6.45) is 0. The predicted molar refractivity (Wildman–Crippen MR) is 108 cm³/mol. The number of likely N-dealkylation sites (N-methyl/N-ethyl adjacent to an activating group) is 2. The third-order valence-corrected chi connectivity index (χ3v) is 6.05. The van der Waals surface area contributed by atoms with E-state index in [4.69, 9.17) is 0 Å². The number of nitrogens with zero attached hydrogens (tertiary/aromatic N) is 2. The molecule has 0 unspecified atom stereocenters. The SMILES string of the molecule is Cc1ccc(NC(=O)CN(C)C(=O)CN(C)S(=O)(=O)c2ccc(C)cc2)cc1. The lowest BCUT2D eigenvalue weighted by atomic mass is 10.2. The van der Waals surface area contributed by atoms with Crippen LogP contribution in [0.4, 0.5) is 5.69 Å². The molecule has 2 amide bonds. The summed E-state index contributed by atoms with van der Waals surface area (Å²) in [4.78, 5) is 25.8.